The van der Waals surface area contributed by atoms with E-state index in [4.69, 9.17) is 10.9 Å². The molecular formula is C13H26N4O2. The Morgan fingerprint density at radius 3 is 2.95 bits per heavy atom. The molecule has 0 aromatic heterocycles. The van der Waals surface area contributed by atoms with Crippen LogP contribution in [0.2, 0.25) is 0 Å². The number of carbonyl (C=O) groups excluding carboxylic acids is 1. The second-order valence-corrected chi connectivity index (χ2v) is 5.27. The van der Waals surface area contributed by atoms with Gasteiger partial charge in [-0.1, -0.05) is 11.6 Å². The van der Waals surface area contributed by atoms with E-state index < -0.39 is 5.92 Å². The van der Waals surface area contributed by atoms with Gasteiger partial charge in [0.25, 0.3) is 0 Å². The summed E-state index contributed by atoms with van der Waals surface area (Å²) in [7, 11) is 0. The Bertz CT molecular complexity index is 320. The maximum absolute atomic E-state index is 11.7. The summed E-state index contributed by atoms with van der Waals surface area (Å²) < 4.78 is 0. The van der Waals surface area contributed by atoms with Crippen molar-refractivity contribution in [2.24, 2.45) is 16.8 Å². The smallest absolute Gasteiger partial charge is 0.230 e. The van der Waals surface area contributed by atoms with Gasteiger partial charge < -0.3 is 21.2 Å². The molecule has 0 radical (unpaired) electrons. The molecule has 1 rings (SSSR count). The molecule has 2 unspecified atom stereocenters. The molecule has 19 heavy (non-hydrogen) atoms. The zero-order valence-corrected chi connectivity index (χ0v) is 11.9. The first-order chi connectivity index (χ1) is 9.06. The minimum absolute atomic E-state index is 0.0536. The maximum atomic E-state index is 11.7. The van der Waals surface area contributed by atoms with Gasteiger partial charge in [0, 0.05) is 19.1 Å². The van der Waals surface area contributed by atoms with Gasteiger partial charge in [0.15, 0.2) is 5.84 Å². The summed E-state index contributed by atoms with van der Waals surface area (Å²) in [4.78, 5) is 14.1. The average Bonchev–Trinajstić information content (AvgIpc) is 2.43. The van der Waals surface area contributed by atoms with E-state index in [-0.39, 0.29) is 11.7 Å². The van der Waals surface area contributed by atoms with Crippen LogP contribution in [0.3, 0.4) is 0 Å². The van der Waals surface area contributed by atoms with Crippen molar-refractivity contribution in [1.29, 1.82) is 0 Å². The number of amides is 1. The molecule has 1 heterocycles. The number of nitrogens with zero attached hydrogens (tertiary/aromatic N) is 2. The summed E-state index contributed by atoms with van der Waals surface area (Å²) in [6, 6.07) is 0.653. The van der Waals surface area contributed by atoms with E-state index in [9.17, 15) is 4.79 Å². The van der Waals surface area contributed by atoms with Crippen LogP contribution in [0.1, 0.15) is 39.5 Å². The van der Waals surface area contributed by atoms with Crippen LogP contribution in [0.25, 0.3) is 0 Å². The van der Waals surface area contributed by atoms with E-state index in [1.165, 1.54) is 19.3 Å². The number of rotatable bonds is 6. The molecule has 4 N–H and O–H groups in total. The number of nitrogens with two attached hydrogens (primary N) is 1. The van der Waals surface area contributed by atoms with E-state index in [2.05, 4.69) is 22.3 Å². The van der Waals surface area contributed by atoms with Crippen molar-refractivity contribution in [2.75, 3.05) is 19.6 Å². The van der Waals surface area contributed by atoms with Gasteiger partial charge in [-0.2, -0.15) is 0 Å². The minimum atomic E-state index is -0.584. The standard InChI is InChI=1S/C13H26N4O2/c1-10-6-3-4-8-17(10)9-5-7-15-13(18)11(2)12(14)16-19/h10-11,19H,3-9H2,1-2H3,(H2,14,16)(H,15,18). The lowest BCUT2D eigenvalue weighted by atomic mass is 10.0. The molecule has 0 spiro atoms. The Morgan fingerprint density at radius 2 is 2.32 bits per heavy atom. The summed E-state index contributed by atoms with van der Waals surface area (Å²) in [6.07, 6.45) is 4.80. The monoisotopic (exact) mass is 270 g/mol. The molecule has 1 aliphatic heterocycles. The molecule has 1 fully saturated rings. The minimum Gasteiger partial charge on any atom is -0.409 e. The van der Waals surface area contributed by atoms with Crippen molar-refractivity contribution in [3.05, 3.63) is 0 Å². The molecule has 1 aliphatic rings. The van der Waals surface area contributed by atoms with Crippen LogP contribution in [0, 0.1) is 5.92 Å². The van der Waals surface area contributed by atoms with Gasteiger partial charge >= 0.3 is 0 Å². The van der Waals surface area contributed by atoms with Crippen LogP contribution in [0.4, 0.5) is 0 Å². The lowest BCUT2D eigenvalue weighted by Gasteiger charge is -2.33. The van der Waals surface area contributed by atoms with Crippen LogP contribution in [0.5, 0.6) is 0 Å². The van der Waals surface area contributed by atoms with E-state index >= 15 is 0 Å². The van der Waals surface area contributed by atoms with Gasteiger partial charge in [-0.3, -0.25) is 4.79 Å². The highest BCUT2D eigenvalue weighted by Gasteiger charge is 2.19. The first-order valence-corrected chi connectivity index (χ1v) is 7.05. The molecule has 6 heteroatoms. The van der Waals surface area contributed by atoms with Crippen molar-refractivity contribution in [1.82, 2.24) is 10.2 Å². The third kappa shape index (κ3) is 5.06. The van der Waals surface area contributed by atoms with Crippen molar-refractivity contribution in [3.63, 3.8) is 0 Å². The Hall–Kier alpha value is -1.30. The molecule has 110 valence electrons. The van der Waals surface area contributed by atoms with Crippen molar-refractivity contribution in [2.45, 2.75) is 45.6 Å². The number of nitrogens with one attached hydrogen (secondary N) is 1. The normalized spacial score (nSPS) is 23.1. The van der Waals surface area contributed by atoms with E-state index in [0.717, 1.165) is 19.5 Å². The summed E-state index contributed by atoms with van der Waals surface area (Å²) in [6.45, 7) is 6.69. The maximum Gasteiger partial charge on any atom is 0.230 e. The first-order valence-electron chi connectivity index (χ1n) is 7.05. The van der Waals surface area contributed by atoms with Gasteiger partial charge in [-0.25, -0.2) is 0 Å². The number of hydrogen-bond donors (Lipinski definition) is 3. The molecule has 1 amide bonds. The van der Waals surface area contributed by atoms with Crippen molar-refractivity contribution in [3.8, 4) is 0 Å². The highest BCUT2D eigenvalue weighted by Crippen LogP contribution is 2.15. The molecule has 1 saturated heterocycles. The van der Waals surface area contributed by atoms with E-state index in [1.807, 2.05) is 0 Å². The van der Waals surface area contributed by atoms with Gasteiger partial charge in [0.1, 0.15) is 0 Å². The molecule has 0 aromatic carbocycles. The van der Waals surface area contributed by atoms with Crippen LogP contribution in [-0.4, -0.2) is 47.5 Å². The molecule has 6 nitrogen and oxygen atoms in total. The summed E-state index contributed by atoms with van der Waals surface area (Å²) in [5, 5.41) is 14.2. The Labute approximate surface area is 115 Å². The Kier molecular flexibility index (Phi) is 6.62. The fourth-order valence-corrected chi connectivity index (χ4v) is 2.36. The quantitative estimate of drug-likeness (QED) is 0.218. The van der Waals surface area contributed by atoms with Gasteiger partial charge in [-0.05, 0) is 39.7 Å². The summed E-state index contributed by atoms with van der Waals surface area (Å²) in [5.41, 5.74) is 5.39. The van der Waals surface area contributed by atoms with E-state index in [1.54, 1.807) is 6.92 Å². The molecule has 0 saturated carbocycles. The molecule has 0 bridgehead atoms. The number of hydrogen-bond acceptors (Lipinski definition) is 4. The van der Waals surface area contributed by atoms with Crippen molar-refractivity contribution >= 4 is 11.7 Å². The van der Waals surface area contributed by atoms with Crippen molar-refractivity contribution < 1.29 is 10.0 Å². The van der Waals surface area contributed by atoms with Crippen LogP contribution in [-0.2, 0) is 4.79 Å². The zero-order chi connectivity index (χ0) is 14.3. The van der Waals surface area contributed by atoms with Crippen LogP contribution >= 0.6 is 0 Å². The fraction of sp³-hybridized carbons (Fsp3) is 0.846. The lowest BCUT2D eigenvalue weighted by molar-refractivity contribution is -0.122. The third-order valence-electron chi connectivity index (χ3n) is 3.81. The predicted octanol–water partition coefficient (Wildman–Crippen LogP) is 0.750. The molecule has 0 aliphatic carbocycles. The van der Waals surface area contributed by atoms with Crippen LogP contribution in [0.15, 0.2) is 5.16 Å². The topological polar surface area (TPSA) is 91.0 Å². The second-order valence-electron chi connectivity index (χ2n) is 5.27. The zero-order valence-electron chi connectivity index (χ0n) is 11.9. The highest BCUT2D eigenvalue weighted by atomic mass is 16.4. The number of piperidine rings is 1. The van der Waals surface area contributed by atoms with E-state index in [0.29, 0.717) is 12.6 Å². The van der Waals surface area contributed by atoms with Gasteiger partial charge in [0.2, 0.25) is 5.91 Å². The molecule has 0 aromatic rings. The Balaban J connectivity index is 2.18. The number of likely N-dealkylation sites (tertiary alicyclic amines) is 1. The lowest BCUT2D eigenvalue weighted by Crippen LogP contribution is -2.41. The Morgan fingerprint density at radius 1 is 1.58 bits per heavy atom. The summed E-state index contributed by atoms with van der Waals surface area (Å²) in [5.74, 6) is -0.831. The highest BCUT2D eigenvalue weighted by molar-refractivity contribution is 6.01. The molecule has 2 atom stereocenters. The first kappa shape index (κ1) is 15.8. The second kappa shape index (κ2) is 7.99. The number of carbonyl (C=O) groups is 1. The summed E-state index contributed by atoms with van der Waals surface area (Å²) >= 11 is 0. The third-order valence-corrected chi connectivity index (χ3v) is 3.81. The number of amidine groups is 1. The average molecular weight is 270 g/mol. The van der Waals surface area contributed by atoms with Gasteiger partial charge in [0.05, 0.1) is 5.92 Å². The van der Waals surface area contributed by atoms with Gasteiger partial charge in [-0.15, -0.1) is 0 Å². The van der Waals surface area contributed by atoms with Crippen LogP contribution < -0.4 is 11.1 Å². The fourth-order valence-electron chi connectivity index (χ4n) is 2.36. The largest absolute Gasteiger partial charge is 0.409 e. The molecular weight excluding hydrogens is 244 g/mol. The predicted molar refractivity (Wildman–Crippen MR) is 75.1 cm³/mol. The SMILES string of the molecule is CC(C(=O)NCCCN1CCCCC1C)C(N)=NO. The number of oxime groups is 1.